The highest BCUT2D eigenvalue weighted by atomic mass is 32.1. The van der Waals surface area contributed by atoms with E-state index in [2.05, 4.69) is 5.32 Å². The van der Waals surface area contributed by atoms with Gasteiger partial charge < -0.3 is 19.4 Å². The summed E-state index contributed by atoms with van der Waals surface area (Å²) in [7, 11) is 0. The first-order chi connectivity index (χ1) is 16.4. The van der Waals surface area contributed by atoms with Crippen molar-refractivity contribution in [3.8, 4) is 0 Å². The van der Waals surface area contributed by atoms with Crippen molar-refractivity contribution < 1.29 is 23.9 Å². The third kappa shape index (κ3) is 5.10. The van der Waals surface area contributed by atoms with Crippen LogP contribution in [-0.2, 0) is 33.7 Å². The van der Waals surface area contributed by atoms with Crippen molar-refractivity contribution in [3.63, 3.8) is 0 Å². The summed E-state index contributed by atoms with van der Waals surface area (Å²) in [6.45, 7) is 5.76. The van der Waals surface area contributed by atoms with Crippen LogP contribution in [0.25, 0.3) is 0 Å². The lowest BCUT2D eigenvalue weighted by atomic mass is 9.99. The molecule has 0 aromatic carbocycles. The quantitative estimate of drug-likeness (QED) is 0.434. The predicted molar refractivity (Wildman–Crippen MR) is 133 cm³/mol. The molecule has 0 radical (unpaired) electrons. The van der Waals surface area contributed by atoms with E-state index in [0.29, 0.717) is 22.8 Å². The number of esters is 2. The van der Waals surface area contributed by atoms with E-state index >= 15 is 0 Å². The monoisotopic (exact) mass is 500 g/mol. The van der Waals surface area contributed by atoms with E-state index in [1.807, 2.05) is 42.0 Å². The molecule has 0 bridgehead atoms. The summed E-state index contributed by atoms with van der Waals surface area (Å²) in [5, 5.41) is 4.78. The molecule has 3 aromatic heterocycles. The van der Waals surface area contributed by atoms with Crippen LogP contribution in [-0.4, -0.2) is 35.6 Å². The minimum absolute atomic E-state index is 0.225. The lowest BCUT2D eigenvalue weighted by Gasteiger charge is -2.13. The maximum atomic E-state index is 12.8. The molecule has 0 atom stereocenters. The minimum atomic E-state index is -0.509. The third-order valence-corrected chi connectivity index (χ3v) is 8.07. The topological polar surface area (TPSA) is 86.6 Å². The second-order valence-corrected chi connectivity index (χ2v) is 10.4. The Hall–Kier alpha value is -2.91. The number of amides is 1. The van der Waals surface area contributed by atoms with Crippen LogP contribution in [0.5, 0.6) is 0 Å². The molecule has 7 nitrogen and oxygen atoms in total. The molecule has 180 valence electrons. The Morgan fingerprint density at radius 2 is 1.91 bits per heavy atom. The van der Waals surface area contributed by atoms with Crippen molar-refractivity contribution in [1.82, 2.24) is 4.57 Å². The number of rotatable bonds is 8. The number of anilines is 1. The van der Waals surface area contributed by atoms with E-state index in [4.69, 9.17) is 9.47 Å². The molecule has 1 N–H and O–H groups in total. The van der Waals surface area contributed by atoms with Crippen LogP contribution in [0.1, 0.15) is 66.4 Å². The van der Waals surface area contributed by atoms with Gasteiger partial charge in [0.05, 0.1) is 13.2 Å². The molecule has 3 aromatic rings. The van der Waals surface area contributed by atoms with E-state index in [-0.39, 0.29) is 6.61 Å². The zero-order chi connectivity index (χ0) is 24.2. The number of nitrogens with one attached hydrogen (secondary N) is 1. The van der Waals surface area contributed by atoms with Gasteiger partial charge in [-0.25, -0.2) is 9.59 Å². The first-order valence-electron chi connectivity index (χ1n) is 11.4. The second-order valence-electron chi connectivity index (χ2n) is 8.21. The first-order valence-corrected chi connectivity index (χ1v) is 13.1. The van der Waals surface area contributed by atoms with Crippen LogP contribution >= 0.6 is 22.7 Å². The average molecular weight is 501 g/mol. The van der Waals surface area contributed by atoms with E-state index in [9.17, 15) is 14.4 Å². The van der Waals surface area contributed by atoms with Crippen LogP contribution in [0.4, 0.5) is 5.82 Å². The molecule has 1 aliphatic rings. The van der Waals surface area contributed by atoms with Crippen LogP contribution < -0.4 is 5.32 Å². The Kier molecular flexibility index (Phi) is 7.53. The summed E-state index contributed by atoms with van der Waals surface area (Å²) in [4.78, 5) is 40.9. The molecule has 3 heterocycles. The smallest absolute Gasteiger partial charge is 0.348 e. The van der Waals surface area contributed by atoms with Gasteiger partial charge >= 0.3 is 11.9 Å². The van der Waals surface area contributed by atoms with E-state index in [1.54, 1.807) is 18.3 Å². The zero-order valence-corrected chi connectivity index (χ0v) is 21.2. The molecule has 0 saturated heterocycles. The van der Waals surface area contributed by atoms with Gasteiger partial charge in [-0.05, 0) is 75.1 Å². The minimum Gasteiger partial charge on any atom is -0.462 e. The fourth-order valence-corrected chi connectivity index (χ4v) is 6.00. The fraction of sp³-hybridized carbons (Fsp3) is 0.400. The summed E-state index contributed by atoms with van der Waals surface area (Å²) < 4.78 is 12.4. The molecule has 0 aliphatic heterocycles. The van der Waals surface area contributed by atoms with Crippen molar-refractivity contribution in [3.05, 3.63) is 60.6 Å². The highest BCUT2D eigenvalue weighted by molar-refractivity contribution is 7.14. The Balaban J connectivity index is 1.51. The maximum Gasteiger partial charge on any atom is 0.348 e. The Morgan fingerprint density at radius 3 is 2.62 bits per heavy atom. The van der Waals surface area contributed by atoms with Gasteiger partial charge in [-0.2, -0.15) is 0 Å². The summed E-state index contributed by atoms with van der Waals surface area (Å²) in [5.74, 6) is -1.15. The molecular weight excluding hydrogens is 472 g/mol. The number of ether oxygens (including phenoxy) is 2. The SMILES string of the molecule is CCOC(=O)c1c(C)c(C)n(Cc2cccs2)c1NC(=O)COC(=O)c1cc2c(s1)CCCC2. The number of aromatic nitrogens is 1. The van der Waals surface area contributed by atoms with Crippen LogP contribution in [0, 0.1) is 13.8 Å². The van der Waals surface area contributed by atoms with Crippen molar-refractivity contribution in [2.75, 3.05) is 18.5 Å². The highest BCUT2D eigenvalue weighted by Crippen LogP contribution is 2.31. The van der Waals surface area contributed by atoms with Crippen LogP contribution in [0.15, 0.2) is 23.6 Å². The van der Waals surface area contributed by atoms with Crippen molar-refractivity contribution in [2.24, 2.45) is 0 Å². The number of fused-ring (bicyclic) bond motifs is 1. The van der Waals surface area contributed by atoms with Crippen molar-refractivity contribution >= 4 is 46.3 Å². The number of nitrogens with zero attached hydrogens (tertiary/aromatic N) is 1. The zero-order valence-electron chi connectivity index (χ0n) is 19.6. The molecule has 9 heteroatoms. The third-order valence-electron chi connectivity index (χ3n) is 5.99. The molecule has 0 spiro atoms. The van der Waals surface area contributed by atoms with Crippen LogP contribution in [0.2, 0.25) is 0 Å². The van der Waals surface area contributed by atoms with Gasteiger partial charge in [0.25, 0.3) is 5.91 Å². The lowest BCUT2D eigenvalue weighted by Crippen LogP contribution is -2.24. The van der Waals surface area contributed by atoms with E-state index < -0.39 is 24.5 Å². The summed E-state index contributed by atoms with van der Waals surface area (Å²) in [5.41, 5.74) is 3.13. The number of hydrogen-bond donors (Lipinski definition) is 1. The predicted octanol–water partition coefficient (Wildman–Crippen LogP) is 5.13. The molecule has 0 saturated carbocycles. The Bertz CT molecular complexity index is 1180. The molecule has 1 amide bonds. The highest BCUT2D eigenvalue weighted by Gasteiger charge is 2.26. The van der Waals surface area contributed by atoms with Gasteiger partial charge in [0.2, 0.25) is 0 Å². The van der Waals surface area contributed by atoms with Gasteiger partial charge in [0, 0.05) is 15.4 Å². The van der Waals surface area contributed by atoms with E-state index in [0.717, 1.165) is 41.8 Å². The van der Waals surface area contributed by atoms with E-state index in [1.165, 1.54) is 21.8 Å². The number of carbonyl (C=O) groups is 3. The molecule has 34 heavy (non-hydrogen) atoms. The van der Waals surface area contributed by atoms with Crippen molar-refractivity contribution in [2.45, 2.75) is 53.0 Å². The van der Waals surface area contributed by atoms with Gasteiger partial charge in [0.1, 0.15) is 16.3 Å². The summed E-state index contributed by atoms with van der Waals surface area (Å²) >= 11 is 3.04. The number of hydrogen-bond acceptors (Lipinski definition) is 7. The van der Waals surface area contributed by atoms with Gasteiger partial charge in [0.15, 0.2) is 6.61 Å². The summed E-state index contributed by atoms with van der Waals surface area (Å²) in [6, 6.07) is 5.84. The Labute approximate surface area is 206 Å². The Morgan fingerprint density at radius 1 is 1.12 bits per heavy atom. The molecule has 1 aliphatic carbocycles. The fourth-order valence-electron chi connectivity index (χ4n) is 4.16. The standard InChI is InChI=1S/C25H28N2O5S2/c1-4-31-25(30)22-15(2)16(3)27(13-18-9-7-11-33-18)23(22)26-21(28)14-32-24(29)20-12-17-8-5-6-10-19(17)34-20/h7,9,11-12H,4-6,8,10,13-14H2,1-3H3,(H,26,28). The van der Waals surface area contributed by atoms with Gasteiger partial charge in [-0.15, -0.1) is 22.7 Å². The average Bonchev–Trinajstić information content (AvgIpc) is 3.54. The summed E-state index contributed by atoms with van der Waals surface area (Å²) in [6.07, 6.45) is 4.24. The van der Waals surface area contributed by atoms with Gasteiger partial charge in [-0.3, -0.25) is 4.79 Å². The number of aryl methyl sites for hydroxylation is 2. The molecule has 0 unspecified atom stereocenters. The molecule has 0 fully saturated rings. The maximum absolute atomic E-state index is 12.8. The molecular formula is C25H28N2O5S2. The number of thiophene rings is 2. The largest absolute Gasteiger partial charge is 0.462 e. The second kappa shape index (κ2) is 10.6. The molecule has 4 rings (SSSR count). The van der Waals surface area contributed by atoms with Crippen molar-refractivity contribution in [1.29, 1.82) is 0 Å². The number of carbonyl (C=O) groups excluding carboxylic acids is 3. The van der Waals surface area contributed by atoms with Crippen LogP contribution in [0.3, 0.4) is 0 Å². The first kappa shape index (κ1) is 24.2. The normalized spacial score (nSPS) is 12.8. The van der Waals surface area contributed by atoms with Gasteiger partial charge in [-0.1, -0.05) is 6.07 Å². The lowest BCUT2D eigenvalue weighted by molar-refractivity contribution is -0.119.